The molecule has 0 aliphatic carbocycles. The Morgan fingerprint density at radius 3 is 2.35 bits per heavy atom. The molecule has 0 saturated carbocycles. The van der Waals surface area contributed by atoms with Crippen LogP contribution >= 0.6 is 11.6 Å². The molecule has 0 aliphatic rings. The Morgan fingerprint density at radius 1 is 1.10 bits per heavy atom. The maximum absolute atomic E-state index is 6.27. The fraction of sp³-hybridized carbons (Fsp3) is 0.625. The van der Waals surface area contributed by atoms with Gasteiger partial charge in [-0.25, -0.2) is 0 Å². The summed E-state index contributed by atoms with van der Waals surface area (Å²) in [4.78, 5) is 0. The Bertz CT molecular complexity index is 405. The zero-order chi connectivity index (χ0) is 15.0. The van der Waals surface area contributed by atoms with Gasteiger partial charge in [0.25, 0.3) is 0 Å². The summed E-state index contributed by atoms with van der Waals surface area (Å²) >= 11 is 6.06. The van der Waals surface area contributed by atoms with Gasteiger partial charge in [-0.2, -0.15) is 0 Å². The van der Waals surface area contributed by atoms with Crippen molar-refractivity contribution in [1.29, 1.82) is 0 Å². The van der Waals surface area contributed by atoms with Gasteiger partial charge in [0.1, 0.15) is 5.75 Å². The molecule has 0 fully saturated rings. The lowest BCUT2D eigenvalue weighted by molar-refractivity contribution is 0.231. The lowest BCUT2D eigenvalue weighted by Gasteiger charge is -2.29. The zero-order valence-electron chi connectivity index (χ0n) is 13.2. The van der Waals surface area contributed by atoms with Crippen LogP contribution in [0, 0.1) is 6.92 Å². The molecule has 0 radical (unpaired) electrons. The van der Waals surface area contributed by atoms with Crippen LogP contribution in [0.25, 0.3) is 0 Å². The predicted octanol–water partition coefficient (Wildman–Crippen LogP) is 5.72. The summed E-state index contributed by atoms with van der Waals surface area (Å²) in [5.41, 5.74) is 1.05. The van der Waals surface area contributed by atoms with E-state index in [1.807, 2.05) is 25.1 Å². The highest BCUT2D eigenvalue weighted by atomic mass is 35.5. The molecule has 0 saturated heterocycles. The predicted molar refractivity (Wildman–Crippen MR) is 89.0 cm³/mol. The van der Waals surface area contributed by atoms with Gasteiger partial charge >= 0.3 is 8.56 Å². The van der Waals surface area contributed by atoms with Gasteiger partial charge < -0.3 is 8.85 Å². The highest BCUT2D eigenvalue weighted by molar-refractivity contribution is 6.68. The standard InChI is InChI=1S/C16H27ClO2Si/c1-5-8-9-12-18-20(6-2,7-3)19-15-10-11-16(17)14(4)13-15/h10-11,13H,5-9,12H2,1-4H3. The molecule has 20 heavy (non-hydrogen) atoms. The molecule has 0 aliphatic heterocycles. The second kappa shape index (κ2) is 8.70. The molecule has 0 atom stereocenters. The molecule has 0 aromatic heterocycles. The fourth-order valence-electron chi connectivity index (χ4n) is 2.13. The van der Waals surface area contributed by atoms with Crippen LogP contribution in [0.5, 0.6) is 5.75 Å². The van der Waals surface area contributed by atoms with E-state index in [4.69, 9.17) is 20.5 Å². The molecule has 2 nitrogen and oxygen atoms in total. The maximum Gasteiger partial charge on any atom is 0.398 e. The van der Waals surface area contributed by atoms with Gasteiger partial charge in [-0.05, 0) is 49.2 Å². The average molecular weight is 315 g/mol. The third kappa shape index (κ3) is 5.11. The largest absolute Gasteiger partial charge is 0.520 e. The van der Waals surface area contributed by atoms with Gasteiger partial charge in [0.15, 0.2) is 0 Å². The Kier molecular flexibility index (Phi) is 7.63. The number of aryl methyl sites for hydroxylation is 1. The van der Waals surface area contributed by atoms with Crippen LogP contribution in [0.3, 0.4) is 0 Å². The molecule has 0 N–H and O–H groups in total. The summed E-state index contributed by atoms with van der Waals surface area (Å²) in [6, 6.07) is 7.78. The molecule has 1 rings (SSSR count). The smallest absolute Gasteiger partial charge is 0.398 e. The van der Waals surface area contributed by atoms with E-state index in [2.05, 4.69) is 20.8 Å². The second-order valence-electron chi connectivity index (χ2n) is 5.19. The van der Waals surface area contributed by atoms with Crippen molar-refractivity contribution in [2.24, 2.45) is 0 Å². The molecule has 1 aromatic carbocycles. The van der Waals surface area contributed by atoms with Crippen molar-refractivity contribution in [3.63, 3.8) is 0 Å². The highest BCUT2D eigenvalue weighted by Crippen LogP contribution is 2.27. The van der Waals surface area contributed by atoms with Crippen molar-refractivity contribution in [2.45, 2.75) is 59.0 Å². The summed E-state index contributed by atoms with van der Waals surface area (Å²) < 4.78 is 12.5. The van der Waals surface area contributed by atoms with Crippen molar-refractivity contribution < 1.29 is 8.85 Å². The van der Waals surface area contributed by atoms with Crippen LogP contribution in [0.2, 0.25) is 17.1 Å². The van der Waals surface area contributed by atoms with Crippen molar-refractivity contribution in [3.05, 3.63) is 28.8 Å². The van der Waals surface area contributed by atoms with Crippen LogP contribution in [-0.2, 0) is 4.43 Å². The summed E-state index contributed by atoms with van der Waals surface area (Å²) in [6.07, 6.45) is 3.56. The third-order valence-corrected chi connectivity index (χ3v) is 7.54. The fourth-order valence-corrected chi connectivity index (χ4v) is 4.58. The van der Waals surface area contributed by atoms with E-state index < -0.39 is 8.56 Å². The van der Waals surface area contributed by atoms with Gasteiger partial charge in [-0.1, -0.05) is 45.2 Å². The minimum atomic E-state index is -2.12. The monoisotopic (exact) mass is 314 g/mol. The topological polar surface area (TPSA) is 18.5 Å². The number of hydrogen-bond acceptors (Lipinski definition) is 2. The lowest BCUT2D eigenvalue weighted by Crippen LogP contribution is -2.44. The van der Waals surface area contributed by atoms with Crippen LogP contribution in [-0.4, -0.2) is 15.2 Å². The quantitative estimate of drug-likeness (QED) is 0.429. The van der Waals surface area contributed by atoms with Gasteiger partial charge in [0, 0.05) is 11.6 Å². The van der Waals surface area contributed by atoms with Crippen molar-refractivity contribution in [1.82, 2.24) is 0 Å². The average Bonchev–Trinajstić information content (AvgIpc) is 2.46. The Labute approximate surface area is 129 Å². The first-order valence-corrected chi connectivity index (χ1v) is 10.3. The van der Waals surface area contributed by atoms with Crippen molar-refractivity contribution in [3.8, 4) is 5.75 Å². The molecule has 114 valence electrons. The van der Waals surface area contributed by atoms with Gasteiger partial charge in [0.2, 0.25) is 0 Å². The van der Waals surface area contributed by atoms with E-state index in [-0.39, 0.29) is 0 Å². The van der Waals surface area contributed by atoms with Crippen LogP contribution in [0.4, 0.5) is 0 Å². The van der Waals surface area contributed by atoms with Crippen molar-refractivity contribution >= 4 is 20.2 Å². The normalized spacial score (nSPS) is 11.7. The van der Waals surface area contributed by atoms with E-state index in [1.165, 1.54) is 12.8 Å². The Morgan fingerprint density at radius 2 is 1.80 bits per heavy atom. The molecular formula is C16H27ClO2Si. The van der Waals surface area contributed by atoms with Gasteiger partial charge in [-0.15, -0.1) is 0 Å². The van der Waals surface area contributed by atoms with Crippen LogP contribution < -0.4 is 4.43 Å². The van der Waals surface area contributed by atoms with E-state index >= 15 is 0 Å². The lowest BCUT2D eigenvalue weighted by atomic mass is 10.2. The van der Waals surface area contributed by atoms with E-state index in [1.54, 1.807) is 0 Å². The number of benzene rings is 1. The first-order valence-electron chi connectivity index (χ1n) is 7.66. The summed E-state index contributed by atoms with van der Waals surface area (Å²) in [5.74, 6) is 0.887. The maximum atomic E-state index is 6.27. The van der Waals surface area contributed by atoms with Gasteiger partial charge in [-0.3, -0.25) is 0 Å². The first kappa shape index (κ1) is 17.5. The number of hydrogen-bond donors (Lipinski definition) is 0. The molecule has 0 amide bonds. The number of unbranched alkanes of at least 4 members (excludes halogenated alkanes) is 2. The second-order valence-corrected chi connectivity index (χ2v) is 9.32. The minimum absolute atomic E-state index is 0.779. The van der Waals surface area contributed by atoms with Gasteiger partial charge in [0.05, 0.1) is 0 Å². The highest BCUT2D eigenvalue weighted by Gasteiger charge is 2.35. The SMILES string of the molecule is CCCCCO[Si](CC)(CC)Oc1ccc(Cl)c(C)c1. The molecule has 4 heteroatoms. The molecule has 0 spiro atoms. The van der Waals surface area contributed by atoms with Crippen LogP contribution in [0.15, 0.2) is 18.2 Å². The Balaban J connectivity index is 2.71. The molecule has 1 aromatic rings. The first-order chi connectivity index (χ1) is 9.56. The Hall–Kier alpha value is -0.513. The van der Waals surface area contributed by atoms with E-state index in [9.17, 15) is 0 Å². The number of halogens is 1. The van der Waals surface area contributed by atoms with E-state index in [0.717, 1.165) is 41.5 Å². The molecule has 0 heterocycles. The molecule has 0 bridgehead atoms. The number of rotatable bonds is 9. The summed E-state index contributed by atoms with van der Waals surface area (Å²) in [7, 11) is -2.12. The summed E-state index contributed by atoms with van der Waals surface area (Å²) in [5, 5.41) is 0.779. The van der Waals surface area contributed by atoms with Crippen molar-refractivity contribution in [2.75, 3.05) is 6.61 Å². The molecule has 0 unspecified atom stereocenters. The third-order valence-electron chi connectivity index (χ3n) is 3.62. The van der Waals surface area contributed by atoms with E-state index in [0.29, 0.717) is 0 Å². The summed E-state index contributed by atoms with van der Waals surface area (Å²) in [6.45, 7) is 9.35. The van der Waals surface area contributed by atoms with Crippen LogP contribution in [0.1, 0.15) is 45.6 Å². The molecular weight excluding hydrogens is 288 g/mol. The zero-order valence-corrected chi connectivity index (χ0v) is 14.9. The minimum Gasteiger partial charge on any atom is -0.520 e.